The van der Waals surface area contributed by atoms with Crippen molar-refractivity contribution < 1.29 is 113 Å². The molecular formula is C67H64F3Ir2N6O7S-3. The van der Waals surface area contributed by atoms with Gasteiger partial charge >= 0.3 is 15.6 Å². The zero-order valence-electron chi connectivity index (χ0n) is 65.6. The van der Waals surface area contributed by atoms with Crippen LogP contribution in [0.4, 0.5) is 13.2 Å². The van der Waals surface area contributed by atoms with E-state index in [-0.39, 0.29) is 124 Å². The Morgan fingerprint density at radius 1 is 0.547 bits per heavy atom. The van der Waals surface area contributed by atoms with Crippen molar-refractivity contribution in [3.05, 3.63) is 228 Å². The largest absolute Gasteiger partial charge is 0.522 e. The maximum atomic E-state index is 10.7. The van der Waals surface area contributed by atoms with Gasteiger partial charge in [-0.2, -0.15) is 21.6 Å². The second-order valence-electron chi connectivity index (χ2n) is 17.0. The third-order valence-corrected chi connectivity index (χ3v) is 12.0. The van der Waals surface area contributed by atoms with Crippen LogP contribution in [0.1, 0.15) is 100 Å². The number of fused-ring (bicyclic) bond motifs is 6. The number of furan rings is 2. The summed E-state index contributed by atoms with van der Waals surface area (Å²) in [5.41, 5.74) is -0.398. The van der Waals surface area contributed by atoms with Gasteiger partial charge in [-0.15, -0.1) is 89.5 Å². The molecule has 86 heavy (non-hydrogen) atoms. The van der Waals surface area contributed by atoms with Crippen molar-refractivity contribution in [3.8, 4) is 45.0 Å². The molecule has 8 heterocycles. The molecule has 0 aliphatic rings. The minimum atomic E-state index is -5.84. The number of aryl methyl sites for hydroxylation is 4. The van der Waals surface area contributed by atoms with Crippen LogP contribution in [0.25, 0.3) is 89.2 Å². The number of alkyl halides is 3. The van der Waals surface area contributed by atoms with E-state index in [0.717, 1.165) is 36.7 Å². The van der Waals surface area contributed by atoms with Crippen LogP contribution >= 0.6 is 0 Å². The van der Waals surface area contributed by atoms with Gasteiger partial charge in [0.1, 0.15) is 5.58 Å². The first-order valence-corrected chi connectivity index (χ1v) is 25.9. The van der Waals surface area contributed by atoms with Crippen LogP contribution in [-0.4, -0.2) is 72.8 Å². The first-order chi connectivity index (χ1) is 48.2. The summed E-state index contributed by atoms with van der Waals surface area (Å²) in [7, 11) is -3.84. The standard InChI is InChI=1S/C21H20N2O.C21H19N2O.2C11H8N.CHF3O3S.2CH4O.2Ir/c2*1-12(2)15-9-10-22-18(11-15)16-7-5-13(3)19-17-8-6-14(4)23-21(17)24-20(16)19;2*1-2-6-10(7-3-1)11-8-4-5-9-12-11;2-1(3,4)8(5,6)7;2*1-2;;/h5-12H,1-4H3;5-6,8-12H,1-4H3;2*1-6,8-9H;(H,5,6,7);2*2H,1H3;;/q;3*-1;;;;;/i2*1D3,3D3,4D3,12D;;;;;;;. The zero-order valence-corrected chi connectivity index (χ0v) is 51.2. The molecule has 8 aromatic heterocycles. The Kier molecular flexibility index (Phi) is 17.6. The molecule has 0 fully saturated rings. The number of rotatable bonds is 6. The minimum absolute atomic E-state index is 0. The van der Waals surface area contributed by atoms with Crippen molar-refractivity contribution in [2.75, 3.05) is 14.2 Å². The normalized spacial score (nSPS) is 16.3. The predicted molar refractivity (Wildman–Crippen MR) is 326 cm³/mol. The maximum Gasteiger partial charge on any atom is 0.522 e. The summed E-state index contributed by atoms with van der Waals surface area (Å²) >= 11 is 0. The molecular weight excluding hydrogens is 1470 g/mol. The molecule has 13 nitrogen and oxygen atoms in total. The number of pyridine rings is 6. The number of nitrogens with zero attached hydrogens (tertiary/aromatic N) is 6. The molecule has 12 aromatic rings. The van der Waals surface area contributed by atoms with Crippen LogP contribution in [0.3, 0.4) is 0 Å². The van der Waals surface area contributed by atoms with E-state index < -0.39 is 68.5 Å². The van der Waals surface area contributed by atoms with Crippen molar-refractivity contribution in [2.45, 2.75) is 72.3 Å². The quantitative estimate of drug-likeness (QED) is 0.0808. The van der Waals surface area contributed by atoms with Crippen molar-refractivity contribution >= 4 is 54.3 Å². The molecule has 4 aromatic carbocycles. The van der Waals surface area contributed by atoms with Gasteiger partial charge in [0, 0.05) is 140 Å². The molecule has 3 N–H and O–H groups in total. The van der Waals surface area contributed by atoms with Gasteiger partial charge in [0.25, 0.3) is 0 Å². The fraction of sp³-hybridized carbons (Fsp3) is 0.194. The van der Waals surface area contributed by atoms with Gasteiger partial charge in [0.05, 0.1) is 11.3 Å². The zero-order chi connectivity index (χ0) is 78.0. The summed E-state index contributed by atoms with van der Waals surface area (Å²) in [5.74, 6) is -3.83. The van der Waals surface area contributed by atoms with E-state index in [1.165, 1.54) is 93.0 Å². The summed E-state index contributed by atoms with van der Waals surface area (Å²) in [6.45, 7) is -12.6. The fourth-order valence-corrected chi connectivity index (χ4v) is 7.62. The predicted octanol–water partition coefficient (Wildman–Crippen LogP) is 16.1. The van der Waals surface area contributed by atoms with Gasteiger partial charge in [-0.05, 0) is 121 Å². The average Bonchev–Trinajstić information content (AvgIpc) is 1.57. The average molecular weight is 1560 g/mol. The molecule has 0 bridgehead atoms. The molecule has 0 amide bonds. The molecule has 2 unspecified atom stereocenters. The van der Waals surface area contributed by atoms with E-state index >= 15 is 0 Å². The summed E-state index contributed by atoms with van der Waals surface area (Å²) in [4.78, 5) is 25.2. The van der Waals surface area contributed by atoms with E-state index in [1.54, 1.807) is 12.4 Å². The molecule has 2 radical (unpaired) electrons. The monoisotopic (exact) mass is 1560 g/mol. The van der Waals surface area contributed by atoms with Gasteiger partial charge in [-0.25, -0.2) is 9.97 Å². The Hall–Kier alpha value is -7.70. The molecule has 0 aliphatic carbocycles. The van der Waals surface area contributed by atoms with E-state index in [9.17, 15) is 13.2 Å². The van der Waals surface area contributed by atoms with Gasteiger partial charge in [-0.1, -0.05) is 87.3 Å². The Morgan fingerprint density at radius 3 is 1.45 bits per heavy atom. The van der Waals surface area contributed by atoms with E-state index in [1.807, 2.05) is 84.9 Å². The number of aliphatic hydroxyl groups is 2. The van der Waals surface area contributed by atoms with Gasteiger partial charge in [0.15, 0.2) is 0 Å². The Bertz CT molecular complexity index is 4620. The third kappa shape index (κ3) is 18.4. The molecule has 0 aliphatic heterocycles. The van der Waals surface area contributed by atoms with Crippen molar-refractivity contribution in [2.24, 2.45) is 0 Å². The van der Waals surface area contributed by atoms with Crippen LogP contribution in [0.5, 0.6) is 0 Å². The van der Waals surface area contributed by atoms with Gasteiger partial charge in [-0.3, -0.25) is 9.54 Å². The second-order valence-corrected chi connectivity index (χ2v) is 18.4. The Balaban J connectivity index is 0.000000304. The second kappa shape index (κ2) is 33.3. The molecule has 2 atom stereocenters. The number of hydrogen-bond donors (Lipinski definition) is 3. The number of hydrogen-bond acceptors (Lipinski definition) is 12. The molecule has 452 valence electrons. The first-order valence-electron chi connectivity index (χ1n) is 34.5. The summed E-state index contributed by atoms with van der Waals surface area (Å²) in [6.07, 6.45) is 6.31. The van der Waals surface area contributed by atoms with Crippen molar-refractivity contribution in [1.82, 2.24) is 29.9 Å². The number of benzene rings is 4. The Morgan fingerprint density at radius 2 is 1.01 bits per heavy atom. The van der Waals surface area contributed by atoms with Crippen LogP contribution in [0, 0.1) is 45.6 Å². The summed E-state index contributed by atoms with van der Waals surface area (Å²) in [5, 5.41) is 15.1. The number of halogens is 3. The van der Waals surface area contributed by atoms with Crippen LogP contribution in [0.2, 0.25) is 0 Å². The fourth-order valence-electron chi connectivity index (χ4n) is 7.62. The summed E-state index contributed by atoms with van der Waals surface area (Å²) in [6, 6.07) is 52.0. The van der Waals surface area contributed by atoms with E-state index in [2.05, 4.69) is 48.1 Å². The van der Waals surface area contributed by atoms with Gasteiger partial charge in [0.2, 0.25) is 11.4 Å². The number of aromatic nitrogens is 6. The topological polar surface area (TPSA) is 198 Å². The molecule has 12 rings (SSSR count). The van der Waals surface area contributed by atoms with Crippen molar-refractivity contribution in [1.29, 1.82) is 0 Å². The molecule has 0 spiro atoms. The van der Waals surface area contributed by atoms with Crippen molar-refractivity contribution in [3.63, 3.8) is 0 Å². The number of aliphatic hydroxyl groups excluding tert-OH is 2. The maximum absolute atomic E-state index is 10.7. The van der Waals surface area contributed by atoms with Crippen LogP contribution < -0.4 is 0 Å². The smallest absolute Gasteiger partial charge is 0.486 e. The van der Waals surface area contributed by atoms with Gasteiger partial charge < -0.3 is 34.0 Å². The molecule has 0 saturated heterocycles. The third-order valence-electron chi connectivity index (χ3n) is 11.4. The van der Waals surface area contributed by atoms with Crippen LogP contribution in [-0.2, 0) is 50.3 Å². The molecule has 19 heteroatoms. The van der Waals surface area contributed by atoms with Crippen LogP contribution in [0.15, 0.2) is 185 Å². The SMILES string of the molecule is CO.CO.O=S(=O)(O)C(F)(F)F.[2H]C([2H])([2H])c1ccc2c(n1)oc1c(-c3cc(C([2H])(C)C([2H])([2H])[2H])ccn3)[c-]cc(C([2H])([2H])[2H])c12.[2H]C([2H])([2H])c1ccc2c(n1)oc1c(-c3cc(C([2H])(C)C([2H])([2H])[2H])ccn3)ccc(C([2H])([2H])[2H])c12.[Ir].[Ir].[c-]1ccccc1-c1ccccn1.[c-]1ccccc1-c1ccccn1. The summed E-state index contributed by atoms with van der Waals surface area (Å²) < 4.78 is 225. The molecule has 0 saturated carbocycles. The Labute approximate surface area is 554 Å². The van der Waals surface area contributed by atoms with E-state index in [0.29, 0.717) is 16.3 Å². The first kappa shape index (κ1) is 45.6. The van der Waals surface area contributed by atoms with E-state index in [4.69, 9.17) is 59.4 Å². The minimum Gasteiger partial charge on any atom is -0.486 e.